The minimum absolute atomic E-state index is 0.114. The third-order valence-corrected chi connectivity index (χ3v) is 5.14. The van der Waals surface area contributed by atoms with Crippen LogP contribution in [0.3, 0.4) is 0 Å². The van der Waals surface area contributed by atoms with E-state index in [1.807, 2.05) is 43.7 Å². The SMILES string of the molecule is COc1cccc([C@H]2SC(C)=Nc3c2c(=O)[nH]n3C(C)C)c1OC. The molecular formula is C17H21N3O3S. The van der Waals surface area contributed by atoms with Crippen LogP contribution in [0.25, 0.3) is 0 Å². The second-order valence-corrected chi connectivity index (χ2v) is 7.15. The van der Waals surface area contributed by atoms with Crippen LogP contribution in [0.15, 0.2) is 28.0 Å². The zero-order valence-corrected chi connectivity index (χ0v) is 15.2. The third kappa shape index (κ3) is 2.62. The van der Waals surface area contributed by atoms with E-state index >= 15 is 0 Å². The Hall–Kier alpha value is -2.15. The zero-order chi connectivity index (χ0) is 17.4. The van der Waals surface area contributed by atoms with Crippen LogP contribution in [0.5, 0.6) is 11.5 Å². The molecule has 1 aliphatic rings. The Morgan fingerprint density at radius 1 is 1.29 bits per heavy atom. The van der Waals surface area contributed by atoms with Gasteiger partial charge in [-0.3, -0.25) is 14.6 Å². The van der Waals surface area contributed by atoms with Crippen molar-refractivity contribution in [1.29, 1.82) is 0 Å². The summed E-state index contributed by atoms with van der Waals surface area (Å²) in [6.45, 7) is 5.99. The Kier molecular flexibility index (Phi) is 4.45. The molecule has 24 heavy (non-hydrogen) atoms. The van der Waals surface area contributed by atoms with Gasteiger partial charge < -0.3 is 9.47 Å². The Morgan fingerprint density at radius 3 is 2.67 bits per heavy atom. The van der Waals surface area contributed by atoms with E-state index in [4.69, 9.17) is 9.47 Å². The first-order chi connectivity index (χ1) is 11.5. The van der Waals surface area contributed by atoms with E-state index in [1.54, 1.807) is 26.0 Å². The predicted octanol–water partition coefficient (Wildman–Crippen LogP) is 3.66. The van der Waals surface area contributed by atoms with Crippen molar-refractivity contribution in [2.75, 3.05) is 14.2 Å². The number of methoxy groups -OCH3 is 2. The number of hydrogen-bond donors (Lipinski definition) is 1. The predicted molar refractivity (Wildman–Crippen MR) is 97.2 cm³/mol. The van der Waals surface area contributed by atoms with Gasteiger partial charge in [-0.2, -0.15) is 0 Å². The highest BCUT2D eigenvalue weighted by Gasteiger charge is 2.33. The van der Waals surface area contributed by atoms with Crippen molar-refractivity contribution in [3.63, 3.8) is 0 Å². The van der Waals surface area contributed by atoms with Crippen molar-refractivity contribution >= 4 is 22.6 Å². The van der Waals surface area contributed by atoms with Crippen LogP contribution in [0.1, 0.15) is 43.2 Å². The molecule has 0 fully saturated rings. The van der Waals surface area contributed by atoms with Gasteiger partial charge >= 0.3 is 0 Å². The highest BCUT2D eigenvalue weighted by molar-refractivity contribution is 8.14. The number of fused-ring (bicyclic) bond motifs is 1. The van der Waals surface area contributed by atoms with Crippen LogP contribution in [0.4, 0.5) is 5.82 Å². The topological polar surface area (TPSA) is 68.6 Å². The lowest BCUT2D eigenvalue weighted by molar-refractivity contribution is 0.352. The van der Waals surface area contributed by atoms with Crippen LogP contribution in [-0.4, -0.2) is 29.0 Å². The number of rotatable bonds is 4. The van der Waals surface area contributed by atoms with Crippen LogP contribution >= 0.6 is 11.8 Å². The molecule has 1 aromatic heterocycles. The van der Waals surface area contributed by atoms with Crippen molar-refractivity contribution < 1.29 is 9.47 Å². The van der Waals surface area contributed by atoms with Gasteiger partial charge in [-0.15, -0.1) is 0 Å². The highest BCUT2D eigenvalue weighted by Crippen LogP contribution is 2.48. The molecule has 0 aliphatic carbocycles. The maximum atomic E-state index is 12.6. The average molecular weight is 347 g/mol. The van der Waals surface area contributed by atoms with Gasteiger partial charge in [0.15, 0.2) is 17.3 Å². The first kappa shape index (κ1) is 16.7. The van der Waals surface area contributed by atoms with Gasteiger partial charge in [-0.05, 0) is 26.8 Å². The molecule has 7 heteroatoms. The molecule has 2 heterocycles. The summed E-state index contributed by atoms with van der Waals surface area (Å²) in [6, 6.07) is 5.84. The minimum Gasteiger partial charge on any atom is -0.493 e. The second-order valence-electron chi connectivity index (χ2n) is 5.85. The average Bonchev–Trinajstić information content (AvgIpc) is 2.90. The number of aliphatic imine (C=N–C) groups is 1. The third-order valence-electron chi connectivity index (χ3n) is 3.98. The lowest BCUT2D eigenvalue weighted by atomic mass is 10.0. The van der Waals surface area contributed by atoms with Gasteiger partial charge in [0.25, 0.3) is 5.56 Å². The zero-order valence-electron chi connectivity index (χ0n) is 14.4. The Bertz CT molecular complexity index is 851. The molecule has 0 spiro atoms. The molecule has 1 aliphatic heterocycles. The summed E-state index contributed by atoms with van der Waals surface area (Å²) in [6.07, 6.45) is 0. The van der Waals surface area contributed by atoms with Crippen molar-refractivity contribution in [2.24, 2.45) is 4.99 Å². The fourth-order valence-corrected chi connectivity index (χ4v) is 4.04. The lowest BCUT2D eigenvalue weighted by Gasteiger charge is -2.23. The molecule has 1 N–H and O–H groups in total. The van der Waals surface area contributed by atoms with Crippen molar-refractivity contribution in [1.82, 2.24) is 9.78 Å². The number of H-pyrrole nitrogens is 1. The molecule has 128 valence electrons. The van der Waals surface area contributed by atoms with E-state index in [2.05, 4.69) is 10.1 Å². The van der Waals surface area contributed by atoms with Crippen molar-refractivity contribution in [3.8, 4) is 11.5 Å². The van der Waals surface area contributed by atoms with E-state index < -0.39 is 0 Å². The van der Waals surface area contributed by atoms with Gasteiger partial charge in [0.2, 0.25) is 0 Å². The number of ether oxygens (including phenoxy) is 2. The quantitative estimate of drug-likeness (QED) is 0.916. The maximum absolute atomic E-state index is 12.6. The fraction of sp³-hybridized carbons (Fsp3) is 0.412. The summed E-state index contributed by atoms with van der Waals surface area (Å²) < 4.78 is 12.8. The molecule has 3 rings (SSSR count). The standard InChI is InChI=1S/C17H21N3O3S/c1-9(2)20-16-13(17(21)19-20)15(24-10(3)18-16)11-7-6-8-12(22-4)14(11)23-5/h6-9,15H,1-5H3,(H,19,21)/t15-/m1/s1. The van der Waals surface area contributed by atoms with Crippen LogP contribution in [0.2, 0.25) is 0 Å². The fourth-order valence-electron chi connectivity index (χ4n) is 2.92. The minimum atomic E-state index is -0.189. The maximum Gasteiger partial charge on any atom is 0.271 e. The number of nitrogens with one attached hydrogen (secondary N) is 1. The van der Waals surface area contributed by atoms with E-state index in [0.29, 0.717) is 22.9 Å². The number of thioether (sulfide) groups is 1. The molecule has 0 bridgehead atoms. The lowest BCUT2D eigenvalue weighted by Crippen LogP contribution is -2.14. The van der Waals surface area contributed by atoms with Crippen LogP contribution < -0.4 is 15.0 Å². The normalized spacial score (nSPS) is 16.8. The van der Waals surface area contributed by atoms with Crippen LogP contribution in [0, 0.1) is 0 Å². The summed E-state index contributed by atoms with van der Waals surface area (Å²) >= 11 is 1.55. The molecular weight excluding hydrogens is 326 g/mol. The molecule has 2 aromatic rings. The van der Waals surface area contributed by atoms with Crippen molar-refractivity contribution in [2.45, 2.75) is 32.1 Å². The number of aromatic nitrogens is 2. The summed E-state index contributed by atoms with van der Waals surface area (Å²) in [5.74, 6) is 1.99. The Labute approximate surface area is 144 Å². The summed E-state index contributed by atoms with van der Waals surface area (Å²) in [5.41, 5.74) is 1.45. The first-order valence-electron chi connectivity index (χ1n) is 7.75. The monoisotopic (exact) mass is 347 g/mol. The molecule has 0 amide bonds. The van der Waals surface area contributed by atoms with E-state index in [1.165, 1.54) is 0 Å². The molecule has 1 aromatic carbocycles. The number of benzene rings is 1. The molecule has 0 radical (unpaired) electrons. The summed E-state index contributed by atoms with van der Waals surface area (Å²) in [7, 11) is 3.22. The van der Waals surface area contributed by atoms with Gasteiger partial charge in [-0.1, -0.05) is 23.9 Å². The van der Waals surface area contributed by atoms with Gasteiger partial charge in [0.05, 0.1) is 30.1 Å². The smallest absolute Gasteiger partial charge is 0.271 e. The van der Waals surface area contributed by atoms with E-state index in [9.17, 15) is 4.79 Å². The number of aromatic amines is 1. The van der Waals surface area contributed by atoms with Gasteiger partial charge in [0, 0.05) is 11.6 Å². The Balaban J connectivity index is 2.23. The largest absolute Gasteiger partial charge is 0.493 e. The molecule has 0 saturated heterocycles. The van der Waals surface area contributed by atoms with Gasteiger partial charge in [-0.25, -0.2) is 4.99 Å². The molecule has 0 unspecified atom stereocenters. The molecule has 0 saturated carbocycles. The highest BCUT2D eigenvalue weighted by atomic mass is 32.2. The number of para-hydroxylation sites is 1. The van der Waals surface area contributed by atoms with Crippen molar-refractivity contribution in [3.05, 3.63) is 39.7 Å². The number of nitrogens with zero attached hydrogens (tertiary/aromatic N) is 2. The summed E-state index contributed by atoms with van der Waals surface area (Å²) in [5, 5.41) is 3.63. The van der Waals surface area contributed by atoms with E-state index in [-0.39, 0.29) is 16.9 Å². The molecule has 6 nitrogen and oxygen atoms in total. The Morgan fingerprint density at radius 2 is 2.04 bits per heavy atom. The molecule has 1 atom stereocenters. The number of hydrogen-bond acceptors (Lipinski definition) is 5. The van der Waals surface area contributed by atoms with E-state index in [0.717, 1.165) is 10.6 Å². The first-order valence-corrected chi connectivity index (χ1v) is 8.63. The van der Waals surface area contributed by atoms with Gasteiger partial charge in [0.1, 0.15) is 0 Å². The summed E-state index contributed by atoms with van der Waals surface area (Å²) in [4.78, 5) is 17.2. The van der Waals surface area contributed by atoms with Crippen LogP contribution in [-0.2, 0) is 0 Å². The second kappa shape index (κ2) is 6.39.